The molecule has 5 heteroatoms. The van der Waals surface area contributed by atoms with Crippen molar-refractivity contribution >= 4 is 11.9 Å². The van der Waals surface area contributed by atoms with Crippen LogP contribution >= 0.6 is 0 Å². The molecule has 0 aliphatic carbocycles. The molecular weight excluding hydrogens is 234 g/mol. The average Bonchev–Trinajstić information content (AvgIpc) is 2.33. The molecule has 0 aliphatic heterocycles. The van der Waals surface area contributed by atoms with Gasteiger partial charge in [0.15, 0.2) is 6.04 Å². The standard InChI is InChI=1S/C13H17NO4/c1-3-18-8-11(15)14-12(13(16)17)10-6-4-5-9(2)7-10/h4-7,12H,3,8H2,1-2H3,(H,14,15)(H,16,17)/t12-/m0/s1. The van der Waals surface area contributed by atoms with Gasteiger partial charge < -0.3 is 15.2 Å². The monoisotopic (exact) mass is 251 g/mol. The Kier molecular flexibility index (Phi) is 5.32. The molecule has 5 nitrogen and oxygen atoms in total. The van der Waals surface area contributed by atoms with Crippen LogP contribution in [0.4, 0.5) is 0 Å². The molecule has 1 aromatic carbocycles. The van der Waals surface area contributed by atoms with Crippen molar-refractivity contribution in [2.75, 3.05) is 13.2 Å². The van der Waals surface area contributed by atoms with E-state index in [4.69, 9.17) is 9.84 Å². The second-order valence-electron chi connectivity index (χ2n) is 3.89. The highest BCUT2D eigenvalue weighted by Crippen LogP contribution is 2.14. The summed E-state index contributed by atoms with van der Waals surface area (Å²) in [6.07, 6.45) is 0. The summed E-state index contributed by atoms with van der Waals surface area (Å²) >= 11 is 0. The first-order chi connectivity index (χ1) is 8.54. The van der Waals surface area contributed by atoms with Gasteiger partial charge in [-0.3, -0.25) is 4.79 Å². The average molecular weight is 251 g/mol. The number of carboxylic acid groups (broad SMARTS) is 1. The van der Waals surface area contributed by atoms with Crippen LogP contribution < -0.4 is 5.32 Å². The molecular formula is C13H17NO4. The van der Waals surface area contributed by atoms with Crippen LogP contribution in [0, 0.1) is 6.92 Å². The smallest absolute Gasteiger partial charge is 0.330 e. The Bertz CT molecular complexity index is 431. The maximum absolute atomic E-state index is 11.5. The van der Waals surface area contributed by atoms with Gasteiger partial charge in [0.2, 0.25) is 5.91 Å². The summed E-state index contributed by atoms with van der Waals surface area (Å²) < 4.78 is 4.93. The van der Waals surface area contributed by atoms with E-state index in [2.05, 4.69) is 5.32 Å². The molecule has 0 unspecified atom stereocenters. The highest BCUT2D eigenvalue weighted by atomic mass is 16.5. The van der Waals surface area contributed by atoms with Crippen LogP contribution in [0.15, 0.2) is 24.3 Å². The number of nitrogens with one attached hydrogen (secondary N) is 1. The normalized spacial score (nSPS) is 11.9. The number of ether oxygens (including phenoxy) is 1. The van der Waals surface area contributed by atoms with Crippen molar-refractivity contribution in [2.45, 2.75) is 19.9 Å². The van der Waals surface area contributed by atoms with Gasteiger partial charge in [0, 0.05) is 6.61 Å². The second kappa shape index (κ2) is 6.76. The minimum Gasteiger partial charge on any atom is -0.479 e. The number of rotatable bonds is 6. The minimum atomic E-state index is -1.09. The van der Waals surface area contributed by atoms with Crippen molar-refractivity contribution in [1.82, 2.24) is 5.32 Å². The molecule has 2 N–H and O–H groups in total. The highest BCUT2D eigenvalue weighted by molar-refractivity contribution is 5.85. The third-order valence-electron chi connectivity index (χ3n) is 2.37. The molecule has 0 fully saturated rings. The number of hydrogen-bond acceptors (Lipinski definition) is 3. The van der Waals surface area contributed by atoms with E-state index < -0.39 is 17.9 Å². The molecule has 0 saturated heterocycles. The Hall–Kier alpha value is -1.88. The fourth-order valence-corrected chi connectivity index (χ4v) is 1.53. The SMILES string of the molecule is CCOCC(=O)N[C@H](C(=O)O)c1cccc(C)c1. The molecule has 1 aromatic rings. The fourth-order valence-electron chi connectivity index (χ4n) is 1.53. The van der Waals surface area contributed by atoms with Crippen LogP contribution in [-0.2, 0) is 14.3 Å². The predicted molar refractivity (Wildman–Crippen MR) is 66.2 cm³/mol. The Balaban J connectivity index is 2.77. The Morgan fingerprint density at radius 1 is 1.44 bits per heavy atom. The highest BCUT2D eigenvalue weighted by Gasteiger charge is 2.21. The largest absolute Gasteiger partial charge is 0.479 e. The van der Waals surface area contributed by atoms with Crippen LogP contribution in [0.1, 0.15) is 24.1 Å². The van der Waals surface area contributed by atoms with Crippen LogP contribution in [0.3, 0.4) is 0 Å². The van der Waals surface area contributed by atoms with Gasteiger partial charge in [-0.2, -0.15) is 0 Å². The first kappa shape index (κ1) is 14.2. The van der Waals surface area contributed by atoms with Crippen molar-refractivity contribution in [3.63, 3.8) is 0 Å². The molecule has 1 rings (SSSR count). The number of aryl methyl sites for hydroxylation is 1. The third kappa shape index (κ3) is 4.18. The predicted octanol–water partition coefficient (Wildman–Crippen LogP) is 1.27. The number of benzene rings is 1. The summed E-state index contributed by atoms with van der Waals surface area (Å²) in [4.78, 5) is 22.6. The van der Waals surface area contributed by atoms with E-state index in [-0.39, 0.29) is 6.61 Å². The Morgan fingerprint density at radius 2 is 2.17 bits per heavy atom. The van der Waals surface area contributed by atoms with Crippen LogP contribution in [-0.4, -0.2) is 30.2 Å². The van der Waals surface area contributed by atoms with E-state index in [1.54, 1.807) is 25.1 Å². The maximum Gasteiger partial charge on any atom is 0.330 e. The van der Waals surface area contributed by atoms with E-state index in [0.717, 1.165) is 5.56 Å². The second-order valence-corrected chi connectivity index (χ2v) is 3.89. The van der Waals surface area contributed by atoms with Gasteiger partial charge in [-0.25, -0.2) is 4.79 Å². The van der Waals surface area contributed by atoms with Gasteiger partial charge in [-0.05, 0) is 19.4 Å². The van der Waals surface area contributed by atoms with Gasteiger partial charge in [-0.15, -0.1) is 0 Å². The molecule has 0 bridgehead atoms. The van der Waals surface area contributed by atoms with Crippen molar-refractivity contribution in [2.24, 2.45) is 0 Å². The lowest BCUT2D eigenvalue weighted by Crippen LogP contribution is -2.36. The van der Waals surface area contributed by atoms with Gasteiger partial charge in [0.1, 0.15) is 6.61 Å². The van der Waals surface area contributed by atoms with Crippen LogP contribution in [0.25, 0.3) is 0 Å². The number of carbonyl (C=O) groups excluding carboxylic acids is 1. The first-order valence-electron chi connectivity index (χ1n) is 5.71. The van der Waals surface area contributed by atoms with E-state index >= 15 is 0 Å². The van der Waals surface area contributed by atoms with Gasteiger partial charge in [0.25, 0.3) is 0 Å². The molecule has 98 valence electrons. The molecule has 0 saturated carbocycles. The molecule has 0 spiro atoms. The lowest BCUT2D eigenvalue weighted by atomic mass is 10.0. The van der Waals surface area contributed by atoms with E-state index in [1.165, 1.54) is 0 Å². The summed E-state index contributed by atoms with van der Waals surface area (Å²) in [5, 5.41) is 11.6. The number of carbonyl (C=O) groups is 2. The molecule has 1 atom stereocenters. The summed E-state index contributed by atoms with van der Waals surface area (Å²) in [7, 11) is 0. The van der Waals surface area contributed by atoms with Crippen molar-refractivity contribution < 1.29 is 19.4 Å². The number of aliphatic carboxylic acids is 1. The van der Waals surface area contributed by atoms with Gasteiger partial charge in [0.05, 0.1) is 0 Å². The molecule has 1 amide bonds. The van der Waals surface area contributed by atoms with E-state index in [1.807, 2.05) is 13.0 Å². The zero-order valence-corrected chi connectivity index (χ0v) is 10.5. The van der Waals surface area contributed by atoms with Crippen molar-refractivity contribution in [3.05, 3.63) is 35.4 Å². The molecule has 18 heavy (non-hydrogen) atoms. The lowest BCUT2D eigenvalue weighted by Gasteiger charge is -2.15. The van der Waals surface area contributed by atoms with Crippen molar-refractivity contribution in [1.29, 1.82) is 0 Å². The summed E-state index contributed by atoms with van der Waals surface area (Å²) in [6.45, 7) is 3.91. The first-order valence-corrected chi connectivity index (χ1v) is 5.71. The molecule has 0 aliphatic rings. The number of amides is 1. The molecule has 0 radical (unpaired) electrons. The van der Waals surface area contributed by atoms with Crippen LogP contribution in [0.2, 0.25) is 0 Å². The third-order valence-corrected chi connectivity index (χ3v) is 2.37. The Labute approximate surface area is 106 Å². The number of carboxylic acids is 1. The zero-order chi connectivity index (χ0) is 13.5. The molecule has 0 heterocycles. The van der Waals surface area contributed by atoms with Gasteiger partial charge in [-0.1, -0.05) is 29.8 Å². The molecule has 0 aromatic heterocycles. The van der Waals surface area contributed by atoms with Gasteiger partial charge >= 0.3 is 5.97 Å². The topological polar surface area (TPSA) is 75.6 Å². The summed E-state index contributed by atoms with van der Waals surface area (Å²) in [6, 6.07) is 5.99. The zero-order valence-electron chi connectivity index (χ0n) is 10.5. The minimum absolute atomic E-state index is 0.133. The lowest BCUT2D eigenvalue weighted by molar-refractivity contribution is -0.142. The van der Waals surface area contributed by atoms with E-state index in [9.17, 15) is 9.59 Å². The summed E-state index contributed by atoms with van der Waals surface area (Å²) in [5.41, 5.74) is 1.49. The Morgan fingerprint density at radius 3 is 2.72 bits per heavy atom. The quantitative estimate of drug-likeness (QED) is 0.798. The van der Waals surface area contributed by atoms with Crippen molar-refractivity contribution in [3.8, 4) is 0 Å². The van der Waals surface area contributed by atoms with Crippen LogP contribution in [0.5, 0.6) is 0 Å². The van der Waals surface area contributed by atoms with E-state index in [0.29, 0.717) is 12.2 Å². The number of hydrogen-bond donors (Lipinski definition) is 2. The maximum atomic E-state index is 11.5. The summed E-state index contributed by atoms with van der Waals surface area (Å²) in [5.74, 6) is -1.53. The fraction of sp³-hybridized carbons (Fsp3) is 0.385.